The van der Waals surface area contributed by atoms with Gasteiger partial charge in [0.2, 0.25) is 5.91 Å². The Hall–Kier alpha value is -3.53. The SMILES string of the molecule is Cc1cc2ccccc2n1CC(=O)Nc1ccc(Oc2ccccc2)cc1. The number of aryl methyl sites for hydroxylation is 1. The Morgan fingerprint density at radius 1 is 0.889 bits per heavy atom. The molecule has 1 aromatic heterocycles. The first-order chi connectivity index (χ1) is 13.2. The van der Waals surface area contributed by atoms with Crippen molar-refractivity contribution in [2.24, 2.45) is 0 Å². The van der Waals surface area contributed by atoms with Gasteiger partial charge in [0.15, 0.2) is 0 Å². The van der Waals surface area contributed by atoms with Gasteiger partial charge in [-0.15, -0.1) is 0 Å². The summed E-state index contributed by atoms with van der Waals surface area (Å²) in [5.74, 6) is 1.45. The fourth-order valence-electron chi connectivity index (χ4n) is 3.13. The van der Waals surface area contributed by atoms with Crippen LogP contribution in [0, 0.1) is 6.92 Å². The van der Waals surface area contributed by atoms with Gasteiger partial charge in [-0.2, -0.15) is 0 Å². The van der Waals surface area contributed by atoms with E-state index in [1.54, 1.807) is 0 Å². The van der Waals surface area contributed by atoms with Gasteiger partial charge in [-0.3, -0.25) is 4.79 Å². The molecule has 0 saturated heterocycles. The van der Waals surface area contributed by atoms with E-state index in [1.165, 1.54) is 0 Å². The van der Waals surface area contributed by atoms with E-state index < -0.39 is 0 Å². The van der Waals surface area contributed by atoms with E-state index in [9.17, 15) is 4.79 Å². The van der Waals surface area contributed by atoms with Gasteiger partial charge in [0, 0.05) is 16.9 Å². The molecule has 1 N–H and O–H groups in total. The quantitative estimate of drug-likeness (QED) is 0.522. The number of para-hydroxylation sites is 2. The molecule has 0 spiro atoms. The van der Waals surface area contributed by atoms with Gasteiger partial charge in [-0.25, -0.2) is 0 Å². The summed E-state index contributed by atoms with van der Waals surface area (Å²) in [6.07, 6.45) is 0. The maximum absolute atomic E-state index is 12.5. The molecule has 4 nitrogen and oxygen atoms in total. The van der Waals surface area contributed by atoms with Crippen LogP contribution < -0.4 is 10.1 Å². The molecule has 1 amide bonds. The number of amides is 1. The summed E-state index contributed by atoms with van der Waals surface area (Å²) < 4.78 is 7.80. The first-order valence-electron chi connectivity index (χ1n) is 8.87. The highest BCUT2D eigenvalue weighted by Gasteiger charge is 2.10. The number of nitrogens with zero attached hydrogens (tertiary/aromatic N) is 1. The zero-order chi connectivity index (χ0) is 18.6. The molecule has 134 valence electrons. The van der Waals surface area contributed by atoms with Crippen LogP contribution >= 0.6 is 0 Å². The first-order valence-corrected chi connectivity index (χ1v) is 8.87. The first kappa shape index (κ1) is 16.9. The monoisotopic (exact) mass is 356 g/mol. The highest BCUT2D eigenvalue weighted by atomic mass is 16.5. The Balaban J connectivity index is 1.43. The summed E-state index contributed by atoms with van der Waals surface area (Å²) in [5, 5.41) is 4.09. The number of nitrogens with one attached hydrogen (secondary N) is 1. The van der Waals surface area contributed by atoms with Crippen molar-refractivity contribution in [3.8, 4) is 11.5 Å². The summed E-state index contributed by atoms with van der Waals surface area (Å²) in [6, 6.07) is 27.2. The van der Waals surface area contributed by atoms with Gasteiger partial charge in [0.25, 0.3) is 0 Å². The molecule has 1 heterocycles. The molecule has 27 heavy (non-hydrogen) atoms. The van der Waals surface area contributed by atoms with E-state index in [1.807, 2.05) is 84.3 Å². The molecule has 0 aliphatic heterocycles. The number of anilines is 1. The Morgan fingerprint density at radius 3 is 2.33 bits per heavy atom. The Morgan fingerprint density at radius 2 is 1.56 bits per heavy atom. The van der Waals surface area contributed by atoms with Crippen LogP contribution in [0.4, 0.5) is 5.69 Å². The number of fused-ring (bicyclic) bond motifs is 1. The van der Waals surface area contributed by atoms with E-state index >= 15 is 0 Å². The van der Waals surface area contributed by atoms with Gasteiger partial charge >= 0.3 is 0 Å². The third-order valence-corrected chi connectivity index (χ3v) is 4.44. The molecule has 0 unspecified atom stereocenters. The largest absolute Gasteiger partial charge is 0.457 e. The minimum absolute atomic E-state index is 0.0591. The molecule has 0 saturated carbocycles. The van der Waals surface area contributed by atoms with Crippen molar-refractivity contribution in [1.82, 2.24) is 4.57 Å². The minimum atomic E-state index is -0.0591. The van der Waals surface area contributed by atoms with Crippen LogP contribution in [0.2, 0.25) is 0 Å². The van der Waals surface area contributed by atoms with Crippen molar-refractivity contribution in [3.63, 3.8) is 0 Å². The predicted octanol–water partition coefficient (Wildman–Crippen LogP) is 5.38. The lowest BCUT2D eigenvalue weighted by Crippen LogP contribution is -2.19. The van der Waals surface area contributed by atoms with Crippen molar-refractivity contribution < 1.29 is 9.53 Å². The summed E-state index contributed by atoms with van der Waals surface area (Å²) in [7, 11) is 0. The fourth-order valence-corrected chi connectivity index (χ4v) is 3.13. The van der Waals surface area contributed by atoms with E-state index in [-0.39, 0.29) is 12.5 Å². The standard InChI is InChI=1S/C23H20N2O2/c1-17-15-18-7-5-6-10-22(18)25(17)16-23(26)24-19-11-13-21(14-12-19)27-20-8-3-2-4-9-20/h2-15H,16H2,1H3,(H,24,26). The van der Waals surface area contributed by atoms with Crippen LogP contribution in [-0.4, -0.2) is 10.5 Å². The number of ether oxygens (including phenoxy) is 1. The van der Waals surface area contributed by atoms with Crippen molar-refractivity contribution in [2.75, 3.05) is 5.32 Å². The molecular formula is C23H20N2O2. The third-order valence-electron chi connectivity index (χ3n) is 4.44. The van der Waals surface area contributed by atoms with Crippen molar-refractivity contribution in [2.45, 2.75) is 13.5 Å². The molecule has 0 bridgehead atoms. The molecule has 0 aliphatic rings. The predicted molar refractivity (Wildman–Crippen MR) is 108 cm³/mol. The second-order valence-corrected chi connectivity index (χ2v) is 6.42. The molecule has 0 aliphatic carbocycles. The summed E-state index contributed by atoms with van der Waals surface area (Å²) in [5.41, 5.74) is 2.88. The maximum atomic E-state index is 12.5. The third kappa shape index (κ3) is 3.85. The van der Waals surface area contributed by atoms with E-state index in [2.05, 4.69) is 17.4 Å². The van der Waals surface area contributed by atoms with E-state index in [4.69, 9.17) is 4.74 Å². The molecule has 3 aromatic carbocycles. The lowest BCUT2D eigenvalue weighted by molar-refractivity contribution is -0.116. The van der Waals surface area contributed by atoms with Gasteiger partial charge in [0.1, 0.15) is 18.0 Å². The van der Waals surface area contributed by atoms with Crippen LogP contribution in [-0.2, 0) is 11.3 Å². The van der Waals surface area contributed by atoms with Gasteiger partial charge in [-0.1, -0.05) is 36.4 Å². The van der Waals surface area contributed by atoms with Gasteiger partial charge in [-0.05, 0) is 60.8 Å². The highest BCUT2D eigenvalue weighted by molar-refractivity contribution is 5.92. The smallest absolute Gasteiger partial charge is 0.244 e. The summed E-state index contributed by atoms with van der Waals surface area (Å²) in [6.45, 7) is 2.30. The molecule has 4 aromatic rings. The molecule has 0 fully saturated rings. The van der Waals surface area contributed by atoms with E-state index in [0.717, 1.165) is 33.8 Å². The lowest BCUT2D eigenvalue weighted by atomic mass is 10.2. The number of carbonyl (C=O) groups is 1. The van der Waals surface area contributed by atoms with Crippen LogP contribution in [0.1, 0.15) is 5.69 Å². The second kappa shape index (κ2) is 7.38. The zero-order valence-corrected chi connectivity index (χ0v) is 15.1. The zero-order valence-electron chi connectivity index (χ0n) is 15.1. The highest BCUT2D eigenvalue weighted by Crippen LogP contribution is 2.23. The average Bonchev–Trinajstić information content (AvgIpc) is 2.99. The number of aromatic nitrogens is 1. The molecule has 4 rings (SSSR count). The van der Waals surface area contributed by atoms with Gasteiger partial charge in [0.05, 0.1) is 0 Å². The van der Waals surface area contributed by atoms with Crippen molar-refractivity contribution in [3.05, 3.63) is 90.6 Å². The summed E-state index contributed by atoms with van der Waals surface area (Å²) >= 11 is 0. The number of hydrogen-bond donors (Lipinski definition) is 1. The maximum Gasteiger partial charge on any atom is 0.244 e. The number of benzene rings is 3. The fraction of sp³-hybridized carbons (Fsp3) is 0.0870. The van der Waals surface area contributed by atoms with Crippen LogP contribution in [0.3, 0.4) is 0 Å². The molecular weight excluding hydrogens is 336 g/mol. The number of rotatable bonds is 5. The van der Waals surface area contributed by atoms with Crippen LogP contribution in [0.5, 0.6) is 11.5 Å². The van der Waals surface area contributed by atoms with Crippen LogP contribution in [0.15, 0.2) is 84.9 Å². The second-order valence-electron chi connectivity index (χ2n) is 6.42. The van der Waals surface area contributed by atoms with Crippen LogP contribution in [0.25, 0.3) is 10.9 Å². The van der Waals surface area contributed by atoms with Crippen molar-refractivity contribution in [1.29, 1.82) is 0 Å². The molecule has 0 radical (unpaired) electrons. The van der Waals surface area contributed by atoms with E-state index in [0.29, 0.717) is 0 Å². The number of hydrogen-bond acceptors (Lipinski definition) is 2. The Labute approximate surface area is 158 Å². The molecule has 0 atom stereocenters. The topological polar surface area (TPSA) is 43.3 Å². The number of carbonyl (C=O) groups excluding carboxylic acids is 1. The Bertz CT molecular complexity index is 1070. The minimum Gasteiger partial charge on any atom is -0.457 e. The Kier molecular flexibility index (Phi) is 4.62. The normalized spacial score (nSPS) is 10.7. The average molecular weight is 356 g/mol. The molecule has 4 heteroatoms. The van der Waals surface area contributed by atoms with Gasteiger partial charge < -0.3 is 14.6 Å². The summed E-state index contributed by atoms with van der Waals surface area (Å²) in [4.78, 5) is 12.5. The lowest BCUT2D eigenvalue weighted by Gasteiger charge is -2.10. The van der Waals surface area contributed by atoms with Crippen molar-refractivity contribution >= 4 is 22.5 Å².